The van der Waals surface area contributed by atoms with Gasteiger partial charge in [0.25, 0.3) is 5.91 Å². The molecule has 0 bridgehead atoms. The smallest absolute Gasteiger partial charge is 0.309 e. The summed E-state index contributed by atoms with van der Waals surface area (Å²) in [6.45, 7) is 2.43. The predicted octanol–water partition coefficient (Wildman–Crippen LogP) is 1.81. The number of benzene rings is 1. The first-order chi connectivity index (χ1) is 9.91. The van der Waals surface area contributed by atoms with Crippen molar-refractivity contribution in [3.63, 3.8) is 0 Å². The van der Waals surface area contributed by atoms with Crippen molar-refractivity contribution in [1.82, 2.24) is 4.90 Å². The molecule has 3 N–H and O–H groups in total. The Kier molecular flexibility index (Phi) is 4.06. The maximum Gasteiger partial charge on any atom is 0.309 e. The molecule has 6 heteroatoms. The average molecular weight is 293 g/mol. The molecule has 0 aromatic heterocycles. The number of piperidine rings is 1. The number of aromatic hydroxyl groups is 2. The first kappa shape index (κ1) is 15.2. The fourth-order valence-electron chi connectivity index (χ4n) is 2.76. The summed E-state index contributed by atoms with van der Waals surface area (Å²) in [6, 6.07) is 4.12. The molecule has 1 aliphatic rings. The highest BCUT2D eigenvalue weighted by atomic mass is 16.4. The summed E-state index contributed by atoms with van der Waals surface area (Å²) < 4.78 is 0. The van der Waals surface area contributed by atoms with Crippen molar-refractivity contribution in [2.24, 2.45) is 5.41 Å². The number of rotatable bonds is 3. The Morgan fingerprint density at radius 1 is 1.19 bits per heavy atom. The van der Waals surface area contributed by atoms with Crippen molar-refractivity contribution in [3.8, 4) is 11.5 Å². The SMILES string of the molecule is CCC1(C(=O)O)CCN(C(=O)c2c(O)cccc2O)CC1. The molecule has 1 fully saturated rings. The number of carboxylic acid groups (broad SMARTS) is 1. The van der Waals surface area contributed by atoms with Crippen LogP contribution in [-0.2, 0) is 4.79 Å². The van der Waals surface area contributed by atoms with Crippen LogP contribution in [0.4, 0.5) is 0 Å². The lowest BCUT2D eigenvalue weighted by molar-refractivity contribution is -0.152. The fourth-order valence-corrected chi connectivity index (χ4v) is 2.76. The van der Waals surface area contributed by atoms with Gasteiger partial charge in [-0.25, -0.2) is 0 Å². The number of phenols is 2. The van der Waals surface area contributed by atoms with E-state index in [1.165, 1.54) is 23.1 Å². The summed E-state index contributed by atoms with van der Waals surface area (Å²) in [4.78, 5) is 25.2. The number of amides is 1. The summed E-state index contributed by atoms with van der Waals surface area (Å²) in [5, 5.41) is 28.8. The van der Waals surface area contributed by atoms with E-state index < -0.39 is 17.3 Å². The number of carbonyl (C=O) groups is 2. The summed E-state index contributed by atoms with van der Waals surface area (Å²) in [5.41, 5.74) is -0.908. The van der Waals surface area contributed by atoms with Crippen LogP contribution >= 0.6 is 0 Å². The number of nitrogens with zero attached hydrogens (tertiary/aromatic N) is 1. The van der Waals surface area contributed by atoms with Gasteiger partial charge in [0.1, 0.15) is 17.1 Å². The molecule has 0 radical (unpaired) electrons. The van der Waals surface area contributed by atoms with Crippen molar-refractivity contribution in [3.05, 3.63) is 23.8 Å². The molecule has 6 nitrogen and oxygen atoms in total. The second-order valence-corrected chi connectivity index (χ2v) is 5.40. The van der Waals surface area contributed by atoms with Gasteiger partial charge in [-0.3, -0.25) is 9.59 Å². The van der Waals surface area contributed by atoms with Gasteiger partial charge >= 0.3 is 5.97 Å². The van der Waals surface area contributed by atoms with Crippen LogP contribution in [0.25, 0.3) is 0 Å². The quantitative estimate of drug-likeness (QED) is 0.789. The largest absolute Gasteiger partial charge is 0.507 e. The lowest BCUT2D eigenvalue weighted by atomic mass is 9.76. The molecule has 1 amide bonds. The van der Waals surface area contributed by atoms with Gasteiger partial charge in [0.2, 0.25) is 0 Å². The first-order valence-electron chi connectivity index (χ1n) is 6.95. The molecule has 0 aliphatic carbocycles. The van der Waals surface area contributed by atoms with E-state index in [4.69, 9.17) is 0 Å². The van der Waals surface area contributed by atoms with Gasteiger partial charge < -0.3 is 20.2 Å². The molecule has 0 spiro atoms. The van der Waals surface area contributed by atoms with Gasteiger partial charge in [-0.1, -0.05) is 13.0 Å². The molecule has 21 heavy (non-hydrogen) atoms. The van der Waals surface area contributed by atoms with Crippen LogP contribution in [0.5, 0.6) is 11.5 Å². The summed E-state index contributed by atoms with van der Waals surface area (Å²) in [5.74, 6) is -1.85. The molecule has 1 heterocycles. The van der Waals surface area contributed by atoms with E-state index in [0.29, 0.717) is 32.4 Å². The number of hydrogen-bond donors (Lipinski definition) is 3. The summed E-state index contributed by atoms with van der Waals surface area (Å²) in [7, 11) is 0. The van der Waals surface area contributed by atoms with Gasteiger partial charge in [0.15, 0.2) is 0 Å². The van der Waals surface area contributed by atoms with Crippen LogP contribution in [-0.4, -0.2) is 45.2 Å². The zero-order valence-corrected chi connectivity index (χ0v) is 11.9. The van der Waals surface area contributed by atoms with E-state index in [1.54, 1.807) is 0 Å². The number of likely N-dealkylation sites (tertiary alicyclic amines) is 1. The van der Waals surface area contributed by atoms with Gasteiger partial charge in [-0.05, 0) is 31.4 Å². The number of carbonyl (C=O) groups excluding carboxylic acids is 1. The molecule has 1 aliphatic heterocycles. The lowest BCUT2D eigenvalue weighted by Crippen LogP contribution is -2.46. The number of aliphatic carboxylic acids is 1. The second-order valence-electron chi connectivity index (χ2n) is 5.40. The zero-order valence-electron chi connectivity index (χ0n) is 11.9. The molecule has 0 atom stereocenters. The fraction of sp³-hybridized carbons (Fsp3) is 0.467. The van der Waals surface area contributed by atoms with E-state index in [2.05, 4.69) is 0 Å². The monoisotopic (exact) mass is 293 g/mol. The maximum atomic E-state index is 12.4. The summed E-state index contributed by atoms with van der Waals surface area (Å²) >= 11 is 0. The normalized spacial score (nSPS) is 17.5. The highest BCUT2D eigenvalue weighted by Gasteiger charge is 2.41. The minimum atomic E-state index is -0.831. The topological polar surface area (TPSA) is 98.1 Å². The van der Waals surface area contributed by atoms with Crippen LogP contribution in [0, 0.1) is 5.41 Å². The standard InChI is InChI=1S/C15H19NO5/c1-2-15(14(20)21)6-8-16(9-7-15)13(19)12-10(17)4-3-5-11(12)18/h3-5,17-18H,2,6-9H2,1H3,(H,20,21). The van der Waals surface area contributed by atoms with E-state index in [9.17, 15) is 24.9 Å². The Bertz CT molecular complexity index is 541. The zero-order chi connectivity index (χ0) is 15.6. The number of hydrogen-bond acceptors (Lipinski definition) is 4. The molecule has 0 saturated carbocycles. The first-order valence-corrected chi connectivity index (χ1v) is 6.95. The second kappa shape index (κ2) is 5.63. The molecule has 114 valence electrons. The lowest BCUT2D eigenvalue weighted by Gasteiger charge is -2.38. The minimum absolute atomic E-state index is 0.128. The Hall–Kier alpha value is -2.24. The third-order valence-corrected chi connectivity index (χ3v) is 4.37. The van der Waals surface area contributed by atoms with E-state index in [1.807, 2.05) is 6.92 Å². The third-order valence-electron chi connectivity index (χ3n) is 4.37. The van der Waals surface area contributed by atoms with Crippen molar-refractivity contribution in [2.75, 3.05) is 13.1 Å². The van der Waals surface area contributed by atoms with Gasteiger partial charge in [-0.2, -0.15) is 0 Å². The Balaban J connectivity index is 2.16. The molecule has 2 rings (SSSR count). The molecular weight excluding hydrogens is 274 g/mol. The highest BCUT2D eigenvalue weighted by Crippen LogP contribution is 2.36. The van der Waals surface area contributed by atoms with Gasteiger partial charge in [0, 0.05) is 13.1 Å². The van der Waals surface area contributed by atoms with Crippen LogP contribution < -0.4 is 0 Å². The number of phenolic OH excluding ortho intramolecular Hbond substituents is 2. The van der Waals surface area contributed by atoms with Crippen LogP contribution in [0.1, 0.15) is 36.5 Å². The summed E-state index contributed by atoms with van der Waals surface area (Å²) in [6.07, 6.45) is 1.27. The molecule has 1 aromatic carbocycles. The highest BCUT2D eigenvalue weighted by molar-refractivity contribution is 5.99. The van der Waals surface area contributed by atoms with Crippen molar-refractivity contribution in [1.29, 1.82) is 0 Å². The van der Waals surface area contributed by atoms with Crippen molar-refractivity contribution < 1.29 is 24.9 Å². The van der Waals surface area contributed by atoms with Crippen LogP contribution in [0.2, 0.25) is 0 Å². The maximum absolute atomic E-state index is 12.4. The van der Waals surface area contributed by atoms with Gasteiger partial charge in [0.05, 0.1) is 5.41 Å². The van der Waals surface area contributed by atoms with E-state index >= 15 is 0 Å². The number of carboxylic acids is 1. The van der Waals surface area contributed by atoms with Crippen molar-refractivity contribution in [2.45, 2.75) is 26.2 Å². The Morgan fingerprint density at radius 3 is 2.14 bits per heavy atom. The average Bonchev–Trinajstić information content (AvgIpc) is 2.46. The third kappa shape index (κ3) is 2.66. The van der Waals surface area contributed by atoms with E-state index in [0.717, 1.165) is 0 Å². The van der Waals surface area contributed by atoms with Crippen LogP contribution in [0.3, 0.4) is 0 Å². The molecular formula is C15H19NO5. The Labute approximate surface area is 122 Å². The Morgan fingerprint density at radius 2 is 1.71 bits per heavy atom. The van der Waals surface area contributed by atoms with E-state index in [-0.39, 0.29) is 17.1 Å². The minimum Gasteiger partial charge on any atom is -0.507 e. The van der Waals surface area contributed by atoms with Crippen LogP contribution in [0.15, 0.2) is 18.2 Å². The predicted molar refractivity (Wildman–Crippen MR) is 75.3 cm³/mol. The molecule has 1 aromatic rings. The molecule has 0 unspecified atom stereocenters. The molecule has 1 saturated heterocycles. The van der Waals surface area contributed by atoms with Gasteiger partial charge in [-0.15, -0.1) is 0 Å². The van der Waals surface area contributed by atoms with Crippen molar-refractivity contribution >= 4 is 11.9 Å².